The Bertz CT molecular complexity index is 407. The predicted octanol–water partition coefficient (Wildman–Crippen LogP) is 3.93. The molecular weight excluding hydrogens is 332 g/mol. The Morgan fingerprint density at radius 2 is 2.35 bits per heavy atom. The van der Waals surface area contributed by atoms with Crippen molar-refractivity contribution in [3.05, 3.63) is 34.3 Å². The van der Waals surface area contributed by atoms with Crippen molar-refractivity contribution in [2.24, 2.45) is 0 Å². The Kier molecular flexibility index (Phi) is 6.88. The molecule has 1 aliphatic heterocycles. The Morgan fingerprint density at radius 1 is 1.50 bits per heavy atom. The molecule has 112 valence electrons. The van der Waals surface area contributed by atoms with Crippen molar-refractivity contribution in [3.63, 3.8) is 0 Å². The van der Waals surface area contributed by atoms with Crippen LogP contribution >= 0.6 is 27.7 Å². The molecule has 2 rings (SSSR count). The average molecular weight is 357 g/mol. The molecule has 20 heavy (non-hydrogen) atoms. The van der Waals surface area contributed by atoms with Crippen LogP contribution in [0.4, 0.5) is 0 Å². The van der Waals surface area contributed by atoms with Gasteiger partial charge in [-0.25, -0.2) is 0 Å². The Morgan fingerprint density at radius 3 is 3.00 bits per heavy atom. The van der Waals surface area contributed by atoms with Gasteiger partial charge in [-0.05, 0) is 56.4 Å². The second-order valence-electron chi connectivity index (χ2n) is 5.45. The van der Waals surface area contributed by atoms with Crippen molar-refractivity contribution in [2.75, 3.05) is 31.6 Å². The van der Waals surface area contributed by atoms with Gasteiger partial charge in [-0.15, -0.1) is 0 Å². The highest BCUT2D eigenvalue weighted by molar-refractivity contribution is 9.10. The summed E-state index contributed by atoms with van der Waals surface area (Å²) in [5, 5.41) is 3.62. The van der Waals surface area contributed by atoms with Gasteiger partial charge in [0.25, 0.3) is 0 Å². The third-order valence-corrected chi connectivity index (χ3v) is 5.64. The van der Waals surface area contributed by atoms with Crippen LogP contribution in [0.1, 0.15) is 31.4 Å². The topological polar surface area (TPSA) is 15.3 Å². The van der Waals surface area contributed by atoms with E-state index in [-0.39, 0.29) is 0 Å². The Balaban J connectivity index is 1.91. The van der Waals surface area contributed by atoms with E-state index >= 15 is 0 Å². The standard InChI is InChI=1S/C16H25BrN2S/c1-3-18-16(13-5-4-6-14(17)11-13)7-9-19(2)15-8-10-20-12-15/h4-6,11,15-16,18H,3,7-10,12H2,1-2H3. The SMILES string of the molecule is CCNC(CCN(C)C1CCSC1)c1cccc(Br)c1. The zero-order chi connectivity index (χ0) is 14.4. The number of halogens is 1. The zero-order valence-corrected chi connectivity index (χ0v) is 14.8. The van der Waals surface area contributed by atoms with Crippen molar-refractivity contribution < 1.29 is 0 Å². The van der Waals surface area contributed by atoms with E-state index in [0.717, 1.165) is 19.1 Å². The van der Waals surface area contributed by atoms with Crippen molar-refractivity contribution in [3.8, 4) is 0 Å². The summed E-state index contributed by atoms with van der Waals surface area (Å²) >= 11 is 5.66. The van der Waals surface area contributed by atoms with Gasteiger partial charge in [0.05, 0.1) is 0 Å². The molecule has 1 saturated heterocycles. The first-order valence-corrected chi connectivity index (χ1v) is 9.42. The lowest BCUT2D eigenvalue weighted by atomic mass is 10.0. The number of hydrogen-bond acceptors (Lipinski definition) is 3. The molecule has 0 saturated carbocycles. The van der Waals surface area contributed by atoms with Gasteiger partial charge in [0.2, 0.25) is 0 Å². The van der Waals surface area contributed by atoms with Crippen LogP contribution in [0.3, 0.4) is 0 Å². The van der Waals surface area contributed by atoms with E-state index in [1.165, 1.54) is 34.4 Å². The number of hydrogen-bond donors (Lipinski definition) is 1. The number of nitrogens with zero attached hydrogens (tertiary/aromatic N) is 1. The Hall–Kier alpha value is -0.0300. The van der Waals surface area contributed by atoms with E-state index in [1.807, 2.05) is 0 Å². The van der Waals surface area contributed by atoms with Gasteiger partial charge in [0, 0.05) is 22.3 Å². The second-order valence-corrected chi connectivity index (χ2v) is 7.52. The lowest BCUT2D eigenvalue weighted by molar-refractivity contribution is 0.247. The third-order valence-electron chi connectivity index (χ3n) is 4.00. The first kappa shape index (κ1) is 16.3. The van der Waals surface area contributed by atoms with Crippen LogP contribution in [0, 0.1) is 0 Å². The summed E-state index contributed by atoms with van der Waals surface area (Å²) in [6.45, 7) is 4.36. The summed E-state index contributed by atoms with van der Waals surface area (Å²) in [6, 6.07) is 9.91. The first-order valence-electron chi connectivity index (χ1n) is 7.47. The van der Waals surface area contributed by atoms with Gasteiger partial charge in [-0.1, -0.05) is 35.0 Å². The third kappa shape index (κ3) is 4.76. The van der Waals surface area contributed by atoms with Gasteiger partial charge in [0.1, 0.15) is 0 Å². The van der Waals surface area contributed by atoms with Gasteiger partial charge in [-0.3, -0.25) is 0 Å². The molecule has 1 fully saturated rings. The summed E-state index contributed by atoms with van der Waals surface area (Å²) in [6.07, 6.45) is 2.52. The smallest absolute Gasteiger partial charge is 0.0332 e. The van der Waals surface area contributed by atoms with Crippen LogP contribution in [0.5, 0.6) is 0 Å². The number of thioether (sulfide) groups is 1. The largest absolute Gasteiger partial charge is 0.310 e. The first-order chi connectivity index (χ1) is 9.70. The molecule has 1 heterocycles. The molecule has 0 aliphatic carbocycles. The maximum absolute atomic E-state index is 3.62. The van der Waals surface area contributed by atoms with Crippen LogP contribution in [0.15, 0.2) is 28.7 Å². The van der Waals surface area contributed by atoms with Crippen molar-refractivity contribution in [2.45, 2.75) is 31.8 Å². The molecule has 1 aliphatic rings. The summed E-state index contributed by atoms with van der Waals surface area (Å²) in [4.78, 5) is 2.54. The molecule has 1 aromatic carbocycles. The Labute approximate surface area is 135 Å². The highest BCUT2D eigenvalue weighted by Crippen LogP contribution is 2.24. The molecular formula is C16H25BrN2S. The van der Waals surface area contributed by atoms with Gasteiger partial charge >= 0.3 is 0 Å². The summed E-state index contributed by atoms with van der Waals surface area (Å²) in [7, 11) is 2.28. The fraction of sp³-hybridized carbons (Fsp3) is 0.625. The van der Waals surface area contributed by atoms with Crippen LogP contribution in [0.2, 0.25) is 0 Å². The fourth-order valence-electron chi connectivity index (χ4n) is 2.74. The van der Waals surface area contributed by atoms with E-state index in [0.29, 0.717) is 6.04 Å². The molecule has 0 bridgehead atoms. The molecule has 0 aromatic heterocycles. The highest BCUT2D eigenvalue weighted by atomic mass is 79.9. The minimum Gasteiger partial charge on any atom is -0.310 e. The maximum Gasteiger partial charge on any atom is 0.0332 e. The normalized spacial score (nSPS) is 20.5. The van der Waals surface area contributed by atoms with E-state index in [2.05, 4.69) is 76.1 Å². The van der Waals surface area contributed by atoms with Gasteiger partial charge in [-0.2, -0.15) is 11.8 Å². The number of benzene rings is 1. The lowest BCUT2D eigenvalue weighted by Gasteiger charge is -2.26. The predicted molar refractivity (Wildman–Crippen MR) is 93.5 cm³/mol. The molecule has 0 radical (unpaired) electrons. The van der Waals surface area contributed by atoms with E-state index in [4.69, 9.17) is 0 Å². The van der Waals surface area contributed by atoms with Crippen molar-refractivity contribution >= 4 is 27.7 Å². The van der Waals surface area contributed by atoms with E-state index in [9.17, 15) is 0 Å². The van der Waals surface area contributed by atoms with E-state index < -0.39 is 0 Å². The zero-order valence-electron chi connectivity index (χ0n) is 12.4. The van der Waals surface area contributed by atoms with Crippen LogP contribution in [-0.2, 0) is 0 Å². The molecule has 2 atom stereocenters. The minimum absolute atomic E-state index is 0.453. The maximum atomic E-state index is 3.62. The van der Waals surface area contributed by atoms with Crippen molar-refractivity contribution in [1.82, 2.24) is 10.2 Å². The molecule has 2 unspecified atom stereocenters. The second kappa shape index (κ2) is 8.42. The van der Waals surface area contributed by atoms with Crippen LogP contribution in [-0.4, -0.2) is 42.6 Å². The van der Waals surface area contributed by atoms with Gasteiger partial charge in [0.15, 0.2) is 0 Å². The molecule has 4 heteroatoms. The molecule has 0 amide bonds. The quantitative estimate of drug-likeness (QED) is 0.796. The average Bonchev–Trinajstić information content (AvgIpc) is 2.97. The fourth-order valence-corrected chi connectivity index (χ4v) is 4.46. The van der Waals surface area contributed by atoms with Crippen LogP contribution in [0.25, 0.3) is 0 Å². The minimum atomic E-state index is 0.453. The summed E-state index contributed by atoms with van der Waals surface area (Å²) in [5.41, 5.74) is 1.38. The molecule has 2 nitrogen and oxygen atoms in total. The summed E-state index contributed by atoms with van der Waals surface area (Å²) in [5.74, 6) is 2.64. The lowest BCUT2D eigenvalue weighted by Crippen LogP contribution is -2.34. The van der Waals surface area contributed by atoms with Crippen LogP contribution < -0.4 is 5.32 Å². The monoisotopic (exact) mass is 356 g/mol. The highest BCUT2D eigenvalue weighted by Gasteiger charge is 2.21. The van der Waals surface area contributed by atoms with E-state index in [1.54, 1.807) is 0 Å². The molecule has 1 N–H and O–H groups in total. The number of rotatable bonds is 7. The molecule has 0 spiro atoms. The number of nitrogens with one attached hydrogen (secondary N) is 1. The molecule has 1 aromatic rings. The summed E-state index contributed by atoms with van der Waals surface area (Å²) < 4.78 is 1.17. The van der Waals surface area contributed by atoms with Crippen molar-refractivity contribution in [1.29, 1.82) is 0 Å². The van der Waals surface area contributed by atoms with Gasteiger partial charge < -0.3 is 10.2 Å².